The first-order valence-electron chi connectivity index (χ1n) is 8.33. The topological polar surface area (TPSA) is 68.5 Å². The molecule has 0 saturated carbocycles. The van der Waals surface area contributed by atoms with Crippen LogP contribution in [0, 0.1) is 12.7 Å². The summed E-state index contributed by atoms with van der Waals surface area (Å²) < 4.78 is 33.4. The number of amides is 1. The maximum atomic E-state index is 14.0. The number of aryl methyl sites for hydroxylation is 1. The molecule has 0 fully saturated rings. The predicted octanol–water partition coefficient (Wildman–Crippen LogP) is 0.891. The highest BCUT2D eigenvalue weighted by atomic mass is 19.1. The zero-order valence-electron chi connectivity index (χ0n) is 14.7. The minimum Gasteiger partial charge on any atom is -0.481 e. The van der Waals surface area contributed by atoms with Gasteiger partial charge in [-0.05, 0) is 19.4 Å². The molecule has 2 aromatic heterocycles. The summed E-state index contributed by atoms with van der Waals surface area (Å²) in [6, 6.07) is 1.39. The second-order valence-electron chi connectivity index (χ2n) is 5.95. The molecule has 26 heavy (non-hydrogen) atoms. The molecule has 3 rings (SSSR count). The maximum absolute atomic E-state index is 14.0. The second-order valence-corrected chi connectivity index (χ2v) is 5.95. The number of halogens is 2. The molecule has 1 N–H and O–H groups in total. The van der Waals surface area contributed by atoms with Crippen molar-refractivity contribution in [3.05, 3.63) is 45.6 Å². The van der Waals surface area contributed by atoms with Gasteiger partial charge in [-0.3, -0.25) is 9.79 Å². The van der Waals surface area contributed by atoms with Crippen molar-refractivity contribution in [1.82, 2.24) is 14.9 Å². The Kier molecular flexibility index (Phi) is 5.29. The highest BCUT2D eigenvalue weighted by Crippen LogP contribution is 2.19. The second kappa shape index (κ2) is 7.63. The number of nitrogens with zero attached hydrogens (tertiary/aromatic N) is 3. The molecule has 2 aromatic rings. The highest BCUT2D eigenvalue weighted by Gasteiger charge is 2.17. The van der Waals surface area contributed by atoms with Crippen molar-refractivity contribution in [1.29, 1.82) is 0 Å². The molecular weight excluding hydrogens is 342 g/mol. The molecule has 0 radical (unpaired) electrons. The Morgan fingerprint density at radius 3 is 3.00 bits per heavy atom. The maximum Gasteiger partial charge on any atom is 0.255 e. The van der Waals surface area contributed by atoms with E-state index in [4.69, 9.17) is 4.74 Å². The van der Waals surface area contributed by atoms with Gasteiger partial charge in [-0.2, -0.15) is 0 Å². The van der Waals surface area contributed by atoms with E-state index >= 15 is 0 Å². The highest BCUT2D eigenvalue weighted by molar-refractivity contribution is 5.94. The number of fused-ring (bicyclic) bond motifs is 1. The number of hydrogen-bond acceptors (Lipinski definition) is 4. The predicted molar refractivity (Wildman–Crippen MR) is 92.1 cm³/mol. The van der Waals surface area contributed by atoms with E-state index in [1.54, 1.807) is 13.1 Å². The summed E-state index contributed by atoms with van der Waals surface area (Å²) in [5, 5.41) is 3.88. The lowest BCUT2D eigenvalue weighted by atomic mass is 10.2. The van der Waals surface area contributed by atoms with E-state index in [0.717, 1.165) is 11.8 Å². The number of hydrogen-bond donors (Lipinski definition) is 1. The van der Waals surface area contributed by atoms with E-state index in [1.165, 1.54) is 13.2 Å². The van der Waals surface area contributed by atoms with E-state index in [-0.39, 0.29) is 24.7 Å². The molecule has 0 saturated heterocycles. The average molecular weight is 362 g/mol. The Balaban J connectivity index is 2.04. The van der Waals surface area contributed by atoms with Crippen molar-refractivity contribution >= 4 is 12.0 Å². The third-order valence-corrected chi connectivity index (χ3v) is 4.18. The quantitative estimate of drug-likeness (QED) is 0.830. The number of alkyl halides is 1. The molecule has 0 unspecified atom stereocenters. The fourth-order valence-electron chi connectivity index (χ4n) is 2.94. The smallest absolute Gasteiger partial charge is 0.255 e. The fraction of sp³-hybridized carbons (Fsp3) is 0.389. The summed E-state index contributed by atoms with van der Waals surface area (Å²) in [4.78, 5) is 20.8. The first kappa shape index (κ1) is 18.0. The van der Waals surface area contributed by atoms with Crippen LogP contribution >= 0.6 is 0 Å². The fourth-order valence-corrected chi connectivity index (χ4v) is 2.94. The number of rotatable bonds is 6. The van der Waals surface area contributed by atoms with Gasteiger partial charge in [0.05, 0.1) is 35.6 Å². The van der Waals surface area contributed by atoms with Crippen LogP contribution in [0.1, 0.15) is 28.0 Å². The third-order valence-electron chi connectivity index (χ3n) is 4.18. The number of nitrogens with one attached hydrogen (secondary N) is 1. The van der Waals surface area contributed by atoms with Crippen LogP contribution in [0.5, 0.6) is 5.88 Å². The standard InChI is InChI=1S/C18H20F2N4O2/c1-11-14(20)8-12(18(23-11)26-2)9-24-10-13(17(25)22-7-5-19)16-15(24)4-3-6-21-16/h4,8,10H,3,5-7,9H2,1-2H3,(H,22,25). The van der Waals surface area contributed by atoms with Crippen LogP contribution < -0.4 is 20.8 Å². The van der Waals surface area contributed by atoms with Crippen molar-refractivity contribution in [3.63, 3.8) is 0 Å². The molecule has 0 bridgehead atoms. The number of carbonyl (C=O) groups is 1. The first-order valence-corrected chi connectivity index (χ1v) is 8.33. The van der Waals surface area contributed by atoms with E-state index in [9.17, 15) is 13.6 Å². The first-order chi connectivity index (χ1) is 12.5. The van der Waals surface area contributed by atoms with Gasteiger partial charge in [-0.15, -0.1) is 0 Å². The third kappa shape index (κ3) is 3.44. The number of carbonyl (C=O) groups excluding carboxylic acids is 1. The zero-order valence-corrected chi connectivity index (χ0v) is 14.7. The molecule has 3 heterocycles. The molecule has 138 valence electrons. The van der Waals surface area contributed by atoms with Crippen molar-refractivity contribution < 1.29 is 18.3 Å². The molecule has 0 aliphatic carbocycles. The van der Waals surface area contributed by atoms with Gasteiger partial charge in [0, 0.05) is 24.8 Å². The van der Waals surface area contributed by atoms with Gasteiger partial charge in [0.25, 0.3) is 5.91 Å². The summed E-state index contributed by atoms with van der Waals surface area (Å²) in [5.74, 6) is -0.462. The van der Waals surface area contributed by atoms with E-state index in [2.05, 4.69) is 15.3 Å². The van der Waals surface area contributed by atoms with Crippen LogP contribution in [0.2, 0.25) is 0 Å². The summed E-state index contributed by atoms with van der Waals surface area (Å²) in [7, 11) is 1.48. The van der Waals surface area contributed by atoms with Crippen LogP contribution in [0.3, 0.4) is 0 Å². The van der Waals surface area contributed by atoms with Crippen LogP contribution in [0.25, 0.3) is 6.08 Å². The molecule has 1 amide bonds. The van der Waals surface area contributed by atoms with Crippen molar-refractivity contribution in [2.45, 2.75) is 19.9 Å². The minimum atomic E-state index is -0.635. The molecule has 6 nitrogen and oxygen atoms in total. The monoisotopic (exact) mass is 362 g/mol. The Hall–Kier alpha value is -2.77. The Morgan fingerprint density at radius 1 is 1.46 bits per heavy atom. The molecule has 1 aliphatic rings. The number of methoxy groups -OCH3 is 1. The van der Waals surface area contributed by atoms with Crippen molar-refractivity contribution in [2.24, 2.45) is 4.99 Å². The lowest BCUT2D eigenvalue weighted by Crippen LogP contribution is -2.37. The van der Waals surface area contributed by atoms with Gasteiger partial charge in [0.2, 0.25) is 5.88 Å². The van der Waals surface area contributed by atoms with E-state index < -0.39 is 12.5 Å². The Bertz CT molecular complexity index is 953. The largest absolute Gasteiger partial charge is 0.481 e. The average Bonchev–Trinajstić information content (AvgIpc) is 3.01. The molecule has 8 heteroatoms. The van der Waals surface area contributed by atoms with Gasteiger partial charge in [-0.1, -0.05) is 6.08 Å². The summed E-state index contributed by atoms with van der Waals surface area (Å²) in [6.45, 7) is 1.74. The number of pyridine rings is 1. The molecule has 1 aliphatic heterocycles. The summed E-state index contributed by atoms with van der Waals surface area (Å²) in [6.07, 6.45) is 4.39. The summed E-state index contributed by atoms with van der Waals surface area (Å²) >= 11 is 0. The van der Waals surface area contributed by atoms with Crippen molar-refractivity contribution in [3.8, 4) is 5.88 Å². The summed E-state index contributed by atoms with van der Waals surface area (Å²) in [5.41, 5.74) is 1.19. The van der Waals surface area contributed by atoms with Crippen LogP contribution in [0.15, 0.2) is 17.3 Å². The molecule has 0 atom stereocenters. The Labute approximate surface area is 149 Å². The zero-order chi connectivity index (χ0) is 18.7. The normalized spacial score (nSPS) is 12.8. The van der Waals surface area contributed by atoms with Crippen molar-refractivity contribution in [2.75, 3.05) is 26.9 Å². The Morgan fingerprint density at radius 2 is 2.27 bits per heavy atom. The number of aromatic nitrogens is 2. The minimum absolute atomic E-state index is 0.0522. The van der Waals surface area contributed by atoms with Gasteiger partial charge in [0.15, 0.2) is 0 Å². The molecule has 0 spiro atoms. The van der Waals surface area contributed by atoms with Gasteiger partial charge in [0.1, 0.15) is 12.5 Å². The number of ether oxygens (including phenoxy) is 1. The lowest BCUT2D eigenvalue weighted by molar-refractivity contribution is 0.0949. The van der Waals surface area contributed by atoms with Crippen LogP contribution in [-0.2, 0) is 6.54 Å². The van der Waals surface area contributed by atoms with E-state index in [0.29, 0.717) is 28.9 Å². The molecular formula is C18H20F2N4O2. The van der Waals surface area contributed by atoms with E-state index in [1.807, 2.05) is 10.6 Å². The van der Waals surface area contributed by atoms with Gasteiger partial charge in [-0.25, -0.2) is 13.8 Å². The molecule has 0 aromatic carbocycles. The van der Waals surface area contributed by atoms with Crippen LogP contribution in [0.4, 0.5) is 8.78 Å². The SMILES string of the molecule is COc1nc(C)c(F)cc1Cn1cc(C(=O)NCCF)c2c1=CCCN=2. The van der Waals surface area contributed by atoms with Crippen LogP contribution in [-0.4, -0.2) is 42.3 Å². The lowest BCUT2D eigenvalue weighted by Gasteiger charge is -2.11. The van der Waals surface area contributed by atoms with Gasteiger partial charge < -0.3 is 14.6 Å². The van der Waals surface area contributed by atoms with Gasteiger partial charge >= 0.3 is 0 Å².